The SMILES string of the molecule is CC(C)n1nccc1C(=O)C(N)(Nc1ccc(C2(C(C)N)CC2)cc1F)C1CCCCCC1. The van der Waals surface area contributed by atoms with Gasteiger partial charge in [0.05, 0.1) is 5.69 Å². The summed E-state index contributed by atoms with van der Waals surface area (Å²) in [4.78, 5) is 13.9. The molecule has 2 aliphatic rings. The number of nitrogens with one attached hydrogen (secondary N) is 1. The van der Waals surface area contributed by atoms with E-state index < -0.39 is 11.5 Å². The number of halogens is 1. The van der Waals surface area contributed by atoms with Crippen molar-refractivity contribution in [2.75, 3.05) is 5.32 Å². The van der Waals surface area contributed by atoms with Crippen molar-refractivity contribution in [1.29, 1.82) is 0 Å². The highest BCUT2D eigenvalue weighted by molar-refractivity contribution is 6.03. The molecule has 0 bridgehead atoms. The molecule has 2 aliphatic carbocycles. The lowest BCUT2D eigenvalue weighted by atomic mass is 9.82. The quantitative estimate of drug-likeness (QED) is 0.299. The average molecular weight is 456 g/mol. The van der Waals surface area contributed by atoms with Crippen LogP contribution in [0.5, 0.6) is 0 Å². The van der Waals surface area contributed by atoms with Crippen molar-refractivity contribution in [2.45, 2.75) is 95.3 Å². The van der Waals surface area contributed by atoms with Crippen molar-refractivity contribution in [3.63, 3.8) is 0 Å². The molecule has 0 radical (unpaired) electrons. The number of nitrogens with zero attached hydrogens (tertiary/aromatic N) is 2. The Balaban J connectivity index is 1.70. The van der Waals surface area contributed by atoms with Gasteiger partial charge in [0, 0.05) is 29.6 Å². The monoisotopic (exact) mass is 455 g/mol. The highest BCUT2D eigenvalue weighted by atomic mass is 19.1. The molecule has 1 aromatic heterocycles. The maximum Gasteiger partial charge on any atom is 0.220 e. The minimum atomic E-state index is -1.42. The number of nitrogens with two attached hydrogens (primary N) is 2. The van der Waals surface area contributed by atoms with E-state index in [0.29, 0.717) is 5.69 Å². The summed E-state index contributed by atoms with van der Waals surface area (Å²) in [5, 5.41) is 7.51. The van der Waals surface area contributed by atoms with Gasteiger partial charge in [-0.15, -0.1) is 0 Å². The summed E-state index contributed by atoms with van der Waals surface area (Å²) in [5.41, 5.74) is 13.2. The van der Waals surface area contributed by atoms with E-state index in [1.54, 1.807) is 29.1 Å². The molecular formula is C26H38FN5O. The van der Waals surface area contributed by atoms with E-state index in [9.17, 15) is 4.79 Å². The molecule has 7 heteroatoms. The van der Waals surface area contributed by atoms with Gasteiger partial charge in [-0.1, -0.05) is 31.7 Å². The second-order valence-electron chi connectivity index (χ2n) is 10.4. The molecule has 1 aromatic carbocycles. The molecular weight excluding hydrogens is 417 g/mol. The molecule has 2 aromatic rings. The number of rotatable bonds is 8. The summed E-state index contributed by atoms with van der Waals surface area (Å²) in [7, 11) is 0. The van der Waals surface area contributed by atoms with E-state index in [4.69, 9.17) is 11.5 Å². The normalized spacial score (nSPS) is 21.3. The minimum absolute atomic E-state index is 0.0151. The van der Waals surface area contributed by atoms with Gasteiger partial charge in [-0.05, 0) is 70.2 Å². The van der Waals surface area contributed by atoms with E-state index in [1.807, 2.05) is 26.8 Å². The van der Waals surface area contributed by atoms with Gasteiger partial charge in [0.15, 0.2) is 5.66 Å². The van der Waals surface area contributed by atoms with Crippen molar-refractivity contribution in [1.82, 2.24) is 9.78 Å². The van der Waals surface area contributed by atoms with Crippen molar-refractivity contribution in [3.8, 4) is 0 Å². The number of carbonyl (C=O) groups excluding carboxylic acids is 1. The molecule has 180 valence electrons. The standard InChI is InChI=1S/C26H38FN5O/c1-17(2)32-23(12-15-30-32)24(33)26(29,19-8-6-4-5-7-9-19)31-22-11-10-20(16-21(22)27)25(13-14-25)18(3)28/h10-12,15-19,31H,4-9,13-14,28-29H2,1-3H3. The van der Waals surface area contributed by atoms with Crippen LogP contribution in [0.2, 0.25) is 0 Å². The maximum absolute atomic E-state index is 15.4. The zero-order chi connectivity index (χ0) is 23.8. The Kier molecular flexibility index (Phi) is 6.65. The van der Waals surface area contributed by atoms with Crippen LogP contribution in [0.15, 0.2) is 30.5 Å². The summed E-state index contributed by atoms with van der Waals surface area (Å²) in [6, 6.07) is 6.90. The maximum atomic E-state index is 15.4. The smallest absolute Gasteiger partial charge is 0.220 e. The minimum Gasteiger partial charge on any atom is -0.358 e. The van der Waals surface area contributed by atoms with Crippen molar-refractivity contribution in [3.05, 3.63) is 47.5 Å². The van der Waals surface area contributed by atoms with Gasteiger partial charge < -0.3 is 16.8 Å². The van der Waals surface area contributed by atoms with Crippen LogP contribution < -0.4 is 16.8 Å². The van der Waals surface area contributed by atoms with E-state index in [0.717, 1.165) is 56.9 Å². The molecule has 4 rings (SSSR count). The third kappa shape index (κ3) is 4.45. The third-order valence-corrected chi connectivity index (χ3v) is 7.81. The fraction of sp³-hybridized carbons (Fsp3) is 0.615. The van der Waals surface area contributed by atoms with Crippen LogP contribution >= 0.6 is 0 Å². The molecule has 2 fully saturated rings. The average Bonchev–Trinajstić information content (AvgIpc) is 3.52. The second kappa shape index (κ2) is 9.18. The number of hydrogen-bond donors (Lipinski definition) is 3. The van der Waals surface area contributed by atoms with E-state index in [-0.39, 0.29) is 34.9 Å². The Bertz CT molecular complexity index is 988. The van der Waals surface area contributed by atoms with Gasteiger partial charge in [-0.2, -0.15) is 5.10 Å². The van der Waals surface area contributed by atoms with Crippen LogP contribution in [0, 0.1) is 11.7 Å². The van der Waals surface area contributed by atoms with E-state index in [1.165, 1.54) is 0 Å². The number of benzene rings is 1. The first-order valence-corrected chi connectivity index (χ1v) is 12.4. The molecule has 0 aliphatic heterocycles. The number of hydrogen-bond acceptors (Lipinski definition) is 5. The number of ketones is 1. The van der Waals surface area contributed by atoms with Crippen LogP contribution in [0.4, 0.5) is 10.1 Å². The van der Waals surface area contributed by atoms with E-state index >= 15 is 4.39 Å². The molecule has 5 N–H and O–H groups in total. The summed E-state index contributed by atoms with van der Waals surface area (Å²) in [6.45, 7) is 5.93. The summed E-state index contributed by atoms with van der Waals surface area (Å²) in [6.07, 6.45) is 9.52. The summed E-state index contributed by atoms with van der Waals surface area (Å²) in [5.74, 6) is -0.729. The Labute approximate surface area is 196 Å². The lowest BCUT2D eigenvalue weighted by Gasteiger charge is -2.38. The number of Topliss-reactive ketones (excluding diaryl/α,β-unsaturated/α-hetero) is 1. The largest absolute Gasteiger partial charge is 0.358 e. The highest BCUT2D eigenvalue weighted by Gasteiger charge is 2.48. The van der Waals surface area contributed by atoms with Gasteiger partial charge in [0.2, 0.25) is 5.78 Å². The molecule has 6 nitrogen and oxygen atoms in total. The fourth-order valence-electron chi connectivity index (χ4n) is 5.49. The summed E-state index contributed by atoms with van der Waals surface area (Å²) < 4.78 is 17.1. The van der Waals surface area contributed by atoms with Crippen molar-refractivity contribution >= 4 is 11.5 Å². The fourth-order valence-corrected chi connectivity index (χ4v) is 5.49. The Morgan fingerprint density at radius 1 is 1.18 bits per heavy atom. The first-order valence-electron chi connectivity index (χ1n) is 12.4. The molecule has 2 saturated carbocycles. The number of carbonyl (C=O) groups is 1. The van der Waals surface area contributed by atoms with Crippen LogP contribution in [-0.4, -0.2) is 27.3 Å². The molecule has 33 heavy (non-hydrogen) atoms. The number of anilines is 1. The lowest BCUT2D eigenvalue weighted by molar-refractivity contribution is 0.0829. The lowest BCUT2D eigenvalue weighted by Crippen LogP contribution is -2.60. The highest BCUT2D eigenvalue weighted by Crippen LogP contribution is 2.50. The van der Waals surface area contributed by atoms with Gasteiger partial charge >= 0.3 is 0 Å². The van der Waals surface area contributed by atoms with Gasteiger partial charge in [0.1, 0.15) is 11.5 Å². The van der Waals surface area contributed by atoms with Crippen LogP contribution in [-0.2, 0) is 5.41 Å². The Hall–Kier alpha value is -2.25. The molecule has 0 amide bonds. The van der Waals surface area contributed by atoms with Gasteiger partial charge in [-0.25, -0.2) is 4.39 Å². The molecule has 0 spiro atoms. The molecule has 0 saturated heterocycles. The van der Waals surface area contributed by atoms with E-state index in [2.05, 4.69) is 10.4 Å². The van der Waals surface area contributed by atoms with Crippen molar-refractivity contribution in [2.24, 2.45) is 17.4 Å². The van der Waals surface area contributed by atoms with Gasteiger partial charge in [-0.3, -0.25) is 9.48 Å². The first-order chi connectivity index (χ1) is 15.7. The zero-order valence-electron chi connectivity index (χ0n) is 20.1. The topological polar surface area (TPSA) is 99.0 Å². The molecule has 2 atom stereocenters. The number of aromatic nitrogens is 2. The summed E-state index contributed by atoms with van der Waals surface area (Å²) >= 11 is 0. The van der Waals surface area contributed by atoms with Crippen molar-refractivity contribution < 1.29 is 9.18 Å². The van der Waals surface area contributed by atoms with Gasteiger partial charge in [0.25, 0.3) is 0 Å². The van der Waals surface area contributed by atoms with Crippen LogP contribution in [0.3, 0.4) is 0 Å². The first kappa shape index (κ1) is 23.9. The van der Waals surface area contributed by atoms with Crippen LogP contribution in [0.1, 0.15) is 94.2 Å². The molecule has 2 unspecified atom stereocenters. The predicted octanol–water partition coefficient (Wildman–Crippen LogP) is 4.90. The predicted molar refractivity (Wildman–Crippen MR) is 130 cm³/mol. The second-order valence-corrected chi connectivity index (χ2v) is 10.4. The third-order valence-electron chi connectivity index (χ3n) is 7.81. The Morgan fingerprint density at radius 2 is 1.85 bits per heavy atom. The Morgan fingerprint density at radius 3 is 2.39 bits per heavy atom. The zero-order valence-corrected chi connectivity index (χ0v) is 20.1. The van der Waals surface area contributed by atoms with Crippen LogP contribution in [0.25, 0.3) is 0 Å². The molecule has 1 heterocycles.